The highest BCUT2D eigenvalue weighted by atomic mass is 16.5. The van der Waals surface area contributed by atoms with E-state index in [1.165, 1.54) is 0 Å². The van der Waals surface area contributed by atoms with Gasteiger partial charge in [-0.05, 0) is 30.7 Å². The van der Waals surface area contributed by atoms with Gasteiger partial charge in [-0.15, -0.1) is 0 Å². The number of esters is 1. The lowest BCUT2D eigenvalue weighted by Crippen LogP contribution is -2.08. The first-order chi connectivity index (χ1) is 9.79. The second kappa shape index (κ2) is 7.34. The smallest absolute Gasteiger partial charge is 0.338 e. The van der Waals surface area contributed by atoms with E-state index in [9.17, 15) is 4.79 Å². The van der Waals surface area contributed by atoms with Crippen molar-refractivity contribution in [2.45, 2.75) is 13.3 Å². The summed E-state index contributed by atoms with van der Waals surface area (Å²) in [7, 11) is 0. The molecular weight excluding hydrogens is 252 g/mol. The minimum Gasteiger partial charge on any atom is -0.494 e. The van der Waals surface area contributed by atoms with Gasteiger partial charge < -0.3 is 9.47 Å². The zero-order valence-electron chi connectivity index (χ0n) is 11.5. The number of ether oxygens (including phenoxy) is 2. The molecule has 2 aromatic rings. The van der Waals surface area contributed by atoms with Crippen LogP contribution in [0.15, 0.2) is 54.6 Å². The molecule has 0 radical (unpaired) electrons. The van der Waals surface area contributed by atoms with Crippen LogP contribution >= 0.6 is 0 Å². The fraction of sp³-hybridized carbons (Fsp3) is 0.235. The summed E-state index contributed by atoms with van der Waals surface area (Å²) in [6, 6.07) is 17.0. The van der Waals surface area contributed by atoms with Gasteiger partial charge in [-0.2, -0.15) is 0 Å². The van der Waals surface area contributed by atoms with Crippen LogP contribution < -0.4 is 4.74 Å². The van der Waals surface area contributed by atoms with Crippen molar-refractivity contribution in [1.29, 1.82) is 0 Å². The van der Waals surface area contributed by atoms with Gasteiger partial charge in [0.1, 0.15) is 5.75 Å². The standard InChI is InChI=1S/C17H18O3/c1-2-19-16-10-6-9-15(13-16)17(18)20-12-11-14-7-4-3-5-8-14/h3-10,13H,2,11-12H2,1H3. The molecule has 20 heavy (non-hydrogen) atoms. The number of hydrogen-bond acceptors (Lipinski definition) is 3. The molecule has 0 saturated heterocycles. The predicted molar refractivity (Wildman–Crippen MR) is 78.0 cm³/mol. The highest BCUT2D eigenvalue weighted by molar-refractivity contribution is 5.89. The van der Waals surface area contributed by atoms with Gasteiger partial charge in [-0.25, -0.2) is 4.79 Å². The molecular formula is C17H18O3. The molecule has 3 nitrogen and oxygen atoms in total. The quantitative estimate of drug-likeness (QED) is 0.754. The Morgan fingerprint density at radius 2 is 1.85 bits per heavy atom. The first kappa shape index (κ1) is 14.1. The largest absolute Gasteiger partial charge is 0.494 e. The Hall–Kier alpha value is -2.29. The first-order valence-corrected chi connectivity index (χ1v) is 6.73. The van der Waals surface area contributed by atoms with E-state index in [0.29, 0.717) is 24.5 Å². The first-order valence-electron chi connectivity index (χ1n) is 6.73. The molecule has 104 valence electrons. The summed E-state index contributed by atoms with van der Waals surface area (Å²) in [6.45, 7) is 2.86. The van der Waals surface area contributed by atoms with Crippen LogP contribution in [-0.2, 0) is 11.2 Å². The lowest BCUT2D eigenvalue weighted by atomic mass is 10.2. The van der Waals surface area contributed by atoms with E-state index in [1.54, 1.807) is 18.2 Å². The zero-order valence-corrected chi connectivity index (χ0v) is 11.5. The van der Waals surface area contributed by atoms with Crippen molar-refractivity contribution in [2.24, 2.45) is 0 Å². The molecule has 0 saturated carbocycles. The average molecular weight is 270 g/mol. The molecule has 0 aliphatic carbocycles. The van der Waals surface area contributed by atoms with E-state index in [0.717, 1.165) is 12.0 Å². The molecule has 0 heterocycles. The summed E-state index contributed by atoms with van der Waals surface area (Å²) in [6.07, 6.45) is 0.720. The molecule has 0 aromatic heterocycles. The third-order valence-corrected chi connectivity index (χ3v) is 2.85. The van der Waals surface area contributed by atoms with Crippen molar-refractivity contribution in [3.63, 3.8) is 0 Å². The number of benzene rings is 2. The molecule has 0 aliphatic heterocycles. The summed E-state index contributed by atoms with van der Waals surface area (Å²) >= 11 is 0. The molecule has 2 rings (SSSR count). The number of carbonyl (C=O) groups is 1. The van der Waals surface area contributed by atoms with Crippen LogP contribution in [0.5, 0.6) is 5.75 Å². The highest BCUT2D eigenvalue weighted by Crippen LogP contribution is 2.14. The normalized spacial score (nSPS) is 10.1. The van der Waals surface area contributed by atoms with Crippen LogP contribution in [0.25, 0.3) is 0 Å². The Labute approximate surface area is 119 Å². The second-order valence-electron chi connectivity index (χ2n) is 4.33. The number of rotatable bonds is 6. The highest BCUT2D eigenvalue weighted by Gasteiger charge is 2.08. The van der Waals surface area contributed by atoms with Crippen molar-refractivity contribution >= 4 is 5.97 Å². The molecule has 0 N–H and O–H groups in total. The lowest BCUT2D eigenvalue weighted by molar-refractivity contribution is 0.0509. The predicted octanol–water partition coefficient (Wildman–Crippen LogP) is 3.48. The Morgan fingerprint density at radius 3 is 2.60 bits per heavy atom. The Kier molecular flexibility index (Phi) is 5.18. The molecule has 0 atom stereocenters. The van der Waals surface area contributed by atoms with Gasteiger partial charge in [0.05, 0.1) is 18.8 Å². The summed E-state index contributed by atoms with van der Waals surface area (Å²) in [4.78, 5) is 11.9. The second-order valence-corrected chi connectivity index (χ2v) is 4.33. The van der Waals surface area contributed by atoms with Crippen LogP contribution in [0.2, 0.25) is 0 Å². The molecule has 0 fully saturated rings. The van der Waals surface area contributed by atoms with Crippen molar-refractivity contribution in [3.8, 4) is 5.75 Å². The third-order valence-electron chi connectivity index (χ3n) is 2.85. The van der Waals surface area contributed by atoms with Crippen LogP contribution in [-0.4, -0.2) is 19.2 Å². The molecule has 0 amide bonds. The summed E-state index contributed by atoms with van der Waals surface area (Å²) in [5.41, 5.74) is 1.67. The topological polar surface area (TPSA) is 35.5 Å². The molecule has 0 bridgehead atoms. The monoisotopic (exact) mass is 270 g/mol. The Balaban J connectivity index is 1.87. The van der Waals surface area contributed by atoms with Crippen molar-refractivity contribution in [3.05, 3.63) is 65.7 Å². The van der Waals surface area contributed by atoms with E-state index in [-0.39, 0.29) is 5.97 Å². The Bertz CT molecular complexity index is 549. The minimum absolute atomic E-state index is 0.317. The van der Waals surface area contributed by atoms with Crippen LogP contribution in [0.1, 0.15) is 22.8 Å². The molecule has 0 unspecified atom stereocenters. The van der Waals surface area contributed by atoms with Crippen molar-refractivity contribution in [2.75, 3.05) is 13.2 Å². The molecule has 3 heteroatoms. The van der Waals surface area contributed by atoms with E-state index in [1.807, 2.05) is 43.3 Å². The fourth-order valence-electron chi connectivity index (χ4n) is 1.87. The van der Waals surface area contributed by atoms with Crippen molar-refractivity contribution in [1.82, 2.24) is 0 Å². The summed E-state index contributed by atoms with van der Waals surface area (Å²) in [5, 5.41) is 0. The van der Waals surface area contributed by atoms with Gasteiger partial charge in [0.2, 0.25) is 0 Å². The number of carbonyl (C=O) groups excluding carboxylic acids is 1. The van der Waals surface area contributed by atoms with Gasteiger partial charge in [-0.3, -0.25) is 0 Å². The fourth-order valence-corrected chi connectivity index (χ4v) is 1.87. The Morgan fingerprint density at radius 1 is 1.05 bits per heavy atom. The maximum Gasteiger partial charge on any atom is 0.338 e. The summed E-state index contributed by atoms with van der Waals surface area (Å²) in [5.74, 6) is 0.368. The van der Waals surface area contributed by atoms with Gasteiger partial charge in [0.25, 0.3) is 0 Å². The van der Waals surface area contributed by atoms with Crippen molar-refractivity contribution < 1.29 is 14.3 Å². The SMILES string of the molecule is CCOc1cccc(C(=O)OCCc2ccccc2)c1. The molecule has 0 aliphatic rings. The van der Waals surface area contributed by atoms with Gasteiger partial charge in [-0.1, -0.05) is 36.4 Å². The van der Waals surface area contributed by atoms with Gasteiger partial charge in [0, 0.05) is 6.42 Å². The lowest BCUT2D eigenvalue weighted by Gasteiger charge is -2.07. The zero-order chi connectivity index (χ0) is 14.2. The van der Waals surface area contributed by atoms with E-state index in [2.05, 4.69) is 0 Å². The maximum atomic E-state index is 11.9. The van der Waals surface area contributed by atoms with E-state index in [4.69, 9.17) is 9.47 Å². The van der Waals surface area contributed by atoms with E-state index >= 15 is 0 Å². The average Bonchev–Trinajstić information content (AvgIpc) is 2.49. The minimum atomic E-state index is -0.317. The molecule has 2 aromatic carbocycles. The third kappa shape index (κ3) is 4.12. The van der Waals surface area contributed by atoms with Crippen LogP contribution in [0.4, 0.5) is 0 Å². The van der Waals surface area contributed by atoms with Crippen LogP contribution in [0.3, 0.4) is 0 Å². The van der Waals surface area contributed by atoms with E-state index < -0.39 is 0 Å². The number of hydrogen-bond donors (Lipinski definition) is 0. The maximum absolute atomic E-state index is 11.9. The van der Waals surface area contributed by atoms with Gasteiger partial charge >= 0.3 is 5.97 Å². The van der Waals surface area contributed by atoms with Gasteiger partial charge in [0.15, 0.2) is 0 Å². The molecule has 0 spiro atoms. The summed E-state index contributed by atoms with van der Waals surface area (Å²) < 4.78 is 10.6. The van der Waals surface area contributed by atoms with Crippen LogP contribution in [0, 0.1) is 0 Å².